The molecule has 0 aliphatic carbocycles. The summed E-state index contributed by atoms with van der Waals surface area (Å²) in [6, 6.07) is 6.54. The standard InChI is InChI=1S/C16H13ClF3N3O/c17-11-1-2-14-10(5-11)3-4-23(15(14)24)13-6-12(7-21-8-13)22-9-16(18,19)20/h1-2,5-8,22H,3-4,9H2. The summed E-state index contributed by atoms with van der Waals surface area (Å²) in [4.78, 5) is 18.0. The van der Waals surface area contributed by atoms with Crippen LogP contribution in [-0.2, 0) is 6.42 Å². The zero-order valence-corrected chi connectivity index (χ0v) is 13.2. The van der Waals surface area contributed by atoms with Crippen molar-refractivity contribution in [2.75, 3.05) is 23.3 Å². The van der Waals surface area contributed by atoms with Crippen molar-refractivity contribution in [1.29, 1.82) is 0 Å². The van der Waals surface area contributed by atoms with Gasteiger partial charge in [0.1, 0.15) is 6.54 Å². The van der Waals surface area contributed by atoms with Crippen LogP contribution in [0.5, 0.6) is 0 Å². The Morgan fingerprint density at radius 1 is 1.25 bits per heavy atom. The third-order valence-electron chi connectivity index (χ3n) is 3.68. The molecule has 2 aromatic rings. The molecule has 1 aliphatic rings. The number of nitrogens with zero attached hydrogens (tertiary/aromatic N) is 2. The summed E-state index contributed by atoms with van der Waals surface area (Å²) in [6.07, 6.45) is -0.966. The molecule has 3 rings (SSSR count). The quantitative estimate of drug-likeness (QED) is 0.908. The van der Waals surface area contributed by atoms with Crippen molar-refractivity contribution >= 4 is 28.9 Å². The number of pyridine rings is 1. The molecule has 0 atom stereocenters. The first kappa shape index (κ1) is 16.6. The SMILES string of the molecule is O=C1c2ccc(Cl)cc2CCN1c1cncc(NCC(F)(F)F)c1. The fourth-order valence-corrected chi connectivity index (χ4v) is 2.77. The molecule has 1 aromatic heterocycles. The number of carbonyl (C=O) groups is 1. The zero-order chi connectivity index (χ0) is 17.3. The van der Waals surface area contributed by atoms with Gasteiger partial charge in [-0.3, -0.25) is 9.78 Å². The number of anilines is 2. The first-order valence-electron chi connectivity index (χ1n) is 7.19. The monoisotopic (exact) mass is 355 g/mol. The molecule has 0 unspecified atom stereocenters. The number of nitrogens with one attached hydrogen (secondary N) is 1. The van der Waals surface area contributed by atoms with Crippen molar-refractivity contribution in [3.63, 3.8) is 0 Å². The number of halogens is 4. The first-order chi connectivity index (χ1) is 11.3. The number of hydrogen-bond acceptors (Lipinski definition) is 3. The third-order valence-corrected chi connectivity index (χ3v) is 3.91. The van der Waals surface area contributed by atoms with Crippen LogP contribution in [0.15, 0.2) is 36.7 Å². The van der Waals surface area contributed by atoms with Gasteiger partial charge in [0.15, 0.2) is 0 Å². The molecular weight excluding hydrogens is 343 g/mol. The Kier molecular flexibility index (Phi) is 4.36. The molecule has 1 aliphatic heterocycles. The van der Waals surface area contributed by atoms with Gasteiger partial charge in [-0.25, -0.2) is 0 Å². The molecule has 1 N–H and O–H groups in total. The second-order valence-electron chi connectivity index (χ2n) is 5.41. The van der Waals surface area contributed by atoms with E-state index in [9.17, 15) is 18.0 Å². The van der Waals surface area contributed by atoms with Crippen molar-refractivity contribution in [2.24, 2.45) is 0 Å². The summed E-state index contributed by atoms with van der Waals surface area (Å²) in [5, 5.41) is 2.83. The predicted octanol–water partition coefficient (Wildman–Crippen LogP) is 3.91. The van der Waals surface area contributed by atoms with Gasteiger partial charge in [0.05, 0.1) is 23.8 Å². The lowest BCUT2D eigenvalue weighted by Crippen LogP contribution is -2.37. The molecule has 0 saturated carbocycles. The molecule has 0 bridgehead atoms. The average molecular weight is 356 g/mol. The first-order valence-corrected chi connectivity index (χ1v) is 7.57. The van der Waals surface area contributed by atoms with Gasteiger partial charge in [-0.15, -0.1) is 0 Å². The summed E-state index contributed by atoms with van der Waals surface area (Å²) in [5.41, 5.74) is 2.06. The highest BCUT2D eigenvalue weighted by atomic mass is 35.5. The number of hydrogen-bond donors (Lipinski definition) is 1. The number of carbonyl (C=O) groups excluding carboxylic acids is 1. The van der Waals surface area contributed by atoms with Crippen LogP contribution in [-0.4, -0.2) is 30.2 Å². The fraction of sp³-hybridized carbons (Fsp3) is 0.250. The van der Waals surface area contributed by atoms with E-state index in [1.165, 1.54) is 23.4 Å². The minimum Gasteiger partial charge on any atom is -0.375 e. The topological polar surface area (TPSA) is 45.2 Å². The molecule has 0 fully saturated rings. The molecule has 0 saturated heterocycles. The molecular formula is C16H13ClF3N3O. The van der Waals surface area contributed by atoms with Crippen molar-refractivity contribution in [3.05, 3.63) is 52.8 Å². The predicted molar refractivity (Wildman–Crippen MR) is 85.6 cm³/mol. The molecule has 0 radical (unpaired) electrons. The number of alkyl halides is 3. The Hall–Kier alpha value is -2.28. The largest absolute Gasteiger partial charge is 0.405 e. The molecule has 2 heterocycles. The number of rotatable bonds is 3. The number of aromatic nitrogens is 1. The van der Waals surface area contributed by atoms with E-state index in [4.69, 9.17) is 11.6 Å². The van der Waals surface area contributed by atoms with E-state index >= 15 is 0 Å². The van der Waals surface area contributed by atoms with Crippen molar-refractivity contribution < 1.29 is 18.0 Å². The van der Waals surface area contributed by atoms with Gasteiger partial charge in [0.2, 0.25) is 0 Å². The van der Waals surface area contributed by atoms with E-state index in [1.54, 1.807) is 18.2 Å². The van der Waals surface area contributed by atoms with E-state index in [1.807, 2.05) is 0 Å². The normalized spacial score (nSPS) is 14.5. The van der Waals surface area contributed by atoms with Gasteiger partial charge in [-0.05, 0) is 36.2 Å². The van der Waals surface area contributed by atoms with E-state index < -0.39 is 12.7 Å². The van der Waals surface area contributed by atoms with E-state index in [0.717, 1.165) is 5.56 Å². The summed E-state index contributed by atoms with van der Waals surface area (Å²) in [5.74, 6) is -0.220. The number of amides is 1. The van der Waals surface area contributed by atoms with Gasteiger partial charge in [-0.2, -0.15) is 13.2 Å². The number of benzene rings is 1. The van der Waals surface area contributed by atoms with Gasteiger partial charge in [-0.1, -0.05) is 11.6 Å². The molecule has 0 spiro atoms. The van der Waals surface area contributed by atoms with Gasteiger partial charge in [0.25, 0.3) is 5.91 Å². The molecule has 8 heteroatoms. The van der Waals surface area contributed by atoms with Crippen LogP contribution in [0, 0.1) is 0 Å². The van der Waals surface area contributed by atoms with Gasteiger partial charge >= 0.3 is 6.18 Å². The lowest BCUT2D eigenvalue weighted by Gasteiger charge is -2.28. The van der Waals surface area contributed by atoms with Crippen molar-refractivity contribution in [2.45, 2.75) is 12.6 Å². The second-order valence-corrected chi connectivity index (χ2v) is 5.85. The maximum atomic E-state index is 12.6. The molecule has 1 amide bonds. The Bertz CT molecular complexity index is 779. The van der Waals surface area contributed by atoms with Gasteiger partial charge in [0, 0.05) is 17.1 Å². The second kappa shape index (κ2) is 6.32. The van der Waals surface area contributed by atoms with Crippen LogP contribution in [0.3, 0.4) is 0 Å². The Morgan fingerprint density at radius 3 is 2.79 bits per heavy atom. The molecule has 4 nitrogen and oxygen atoms in total. The highest BCUT2D eigenvalue weighted by molar-refractivity contribution is 6.30. The zero-order valence-electron chi connectivity index (χ0n) is 12.4. The van der Waals surface area contributed by atoms with E-state index in [0.29, 0.717) is 29.2 Å². The van der Waals surface area contributed by atoms with Gasteiger partial charge < -0.3 is 10.2 Å². The molecule has 126 valence electrons. The maximum Gasteiger partial charge on any atom is 0.405 e. The Labute approximate surface area is 141 Å². The molecule has 1 aromatic carbocycles. The van der Waals surface area contributed by atoms with Crippen molar-refractivity contribution in [3.8, 4) is 0 Å². The average Bonchev–Trinajstić information content (AvgIpc) is 2.53. The minimum absolute atomic E-state index is 0.208. The summed E-state index contributed by atoms with van der Waals surface area (Å²) in [7, 11) is 0. The smallest absolute Gasteiger partial charge is 0.375 e. The Balaban J connectivity index is 1.82. The van der Waals surface area contributed by atoms with Crippen LogP contribution < -0.4 is 10.2 Å². The summed E-state index contributed by atoms with van der Waals surface area (Å²) < 4.78 is 36.9. The van der Waals surface area contributed by atoms with Crippen LogP contribution >= 0.6 is 11.6 Å². The highest BCUT2D eigenvalue weighted by Gasteiger charge is 2.28. The summed E-state index contributed by atoms with van der Waals surface area (Å²) in [6.45, 7) is -0.746. The lowest BCUT2D eigenvalue weighted by atomic mass is 9.99. The van der Waals surface area contributed by atoms with Crippen molar-refractivity contribution in [1.82, 2.24) is 4.98 Å². The minimum atomic E-state index is -4.32. The fourth-order valence-electron chi connectivity index (χ4n) is 2.58. The summed E-state index contributed by atoms with van der Waals surface area (Å²) >= 11 is 5.94. The Morgan fingerprint density at radius 2 is 2.04 bits per heavy atom. The van der Waals surface area contributed by atoms with E-state index in [-0.39, 0.29) is 11.6 Å². The van der Waals surface area contributed by atoms with Crippen LogP contribution in [0.25, 0.3) is 0 Å². The molecule has 24 heavy (non-hydrogen) atoms. The van der Waals surface area contributed by atoms with E-state index in [2.05, 4.69) is 10.3 Å². The lowest BCUT2D eigenvalue weighted by molar-refractivity contribution is -0.115. The third kappa shape index (κ3) is 3.62. The number of fused-ring (bicyclic) bond motifs is 1. The van der Waals surface area contributed by atoms with Crippen LogP contribution in [0.1, 0.15) is 15.9 Å². The highest BCUT2D eigenvalue weighted by Crippen LogP contribution is 2.27. The van der Waals surface area contributed by atoms with Crippen LogP contribution in [0.4, 0.5) is 24.5 Å². The van der Waals surface area contributed by atoms with Crippen LogP contribution in [0.2, 0.25) is 5.02 Å². The maximum absolute atomic E-state index is 12.6.